The molecule has 0 atom stereocenters. The van der Waals surface area contributed by atoms with E-state index in [1.54, 1.807) is 35.0 Å². The van der Waals surface area contributed by atoms with Crippen molar-refractivity contribution >= 4 is 21.4 Å². The van der Waals surface area contributed by atoms with Gasteiger partial charge in [-0.1, -0.05) is 12.1 Å². The van der Waals surface area contributed by atoms with Gasteiger partial charge < -0.3 is 9.47 Å². The fourth-order valence-corrected chi connectivity index (χ4v) is 6.29. The lowest BCUT2D eigenvalue weighted by molar-refractivity contribution is -0.122. The van der Waals surface area contributed by atoms with Gasteiger partial charge in [0.1, 0.15) is 6.33 Å². The highest BCUT2D eigenvalue weighted by atomic mass is 32.2. The molecule has 3 heterocycles. The van der Waals surface area contributed by atoms with Crippen molar-refractivity contribution in [2.75, 3.05) is 17.2 Å². The first kappa shape index (κ1) is 22.7. The Morgan fingerprint density at radius 1 is 1.15 bits per heavy atom. The first-order valence-corrected chi connectivity index (χ1v) is 13.1. The molecular weight excluding hydrogens is 455 g/mol. The van der Waals surface area contributed by atoms with Crippen molar-refractivity contribution in [3.8, 4) is 16.9 Å². The summed E-state index contributed by atoms with van der Waals surface area (Å²) in [5.41, 5.74) is 3.49. The highest BCUT2D eigenvalue weighted by molar-refractivity contribution is 7.92. The van der Waals surface area contributed by atoms with Crippen LogP contribution in [0.2, 0.25) is 0 Å². The second-order valence-corrected chi connectivity index (χ2v) is 12.1. The summed E-state index contributed by atoms with van der Waals surface area (Å²) in [7, 11) is -3.07. The predicted molar refractivity (Wildman–Crippen MR) is 128 cm³/mol. The number of carbonyl (C=O) groups excluding carboxylic acids is 1. The van der Waals surface area contributed by atoms with Gasteiger partial charge in [0.2, 0.25) is 5.91 Å². The summed E-state index contributed by atoms with van der Waals surface area (Å²) >= 11 is 0. The summed E-state index contributed by atoms with van der Waals surface area (Å²) in [6.07, 6.45) is 6.39. The fraction of sp³-hybridized carbons (Fsp3) is 0.400. The first-order valence-electron chi connectivity index (χ1n) is 11.4. The van der Waals surface area contributed by atoms with Crippen LogP contribution in [0.5, 0.6) is 0 Å². The van der Waals surface area contributed by atoms with Crippen molar-refractivity contribution in [2.24, 2.45) is 0 Å². The van der Waals surface area contributed by atoms with Crippen LogP contribution in [-0.2, 0) is 20.0 Å². The van der Waals surface area contributed by atoms with Gasteiger partial charge in [-0.3, -0.25) is 9.78 Å². The van der Waals surface area contributed by atoms with Crippen LogP contribution in [-0.4, -0.2) is 46.4 Å². The van der Waals surface area contributed by atoms with Crippen LogP contribution < -0.4 is 4.90 Å². The third kappa shape index (κ3) is 3.91. The second-order valence-electron chi connectivity index (χ2n) is 9.68. The number of aryl methyl sites for hydroxylation is 1. The van der Waals surface area contributed by atoms with Crippen LogP contribution in [0.3, 0.4) is 0 Å². The normalized spacial score (nSPS) is 17.3. The molecule has 1 amide bonds. The second kappa shape index (κ2) is 8.01. The number of aromatic nitrogens is 3. The highest BCUT2D eigenvalue weighted by Crippen LogP contribution is 2.43. The van der Waals surface area contributed by atoms with E-state index in [0.717, 1.165) is 29.7 Å². The number of hydrogen-bond acceptors (Lipinski definition) is 5. The minimum atomic E-state index is -3.07. The molecule has 178 valence electrons. The maximum atomic E-state index is 14.3. The number of amides is 1. The Morgan fingerprint density at radius 3 is 2.65 bits per heavy atom. The van der Waals surface area contributed by atoms with Crippen LogP contribution in [0.1, 0.15) is 44.4 Å². The molecule has 0 bridgehead atoms. The zero-order chi connectivity index (χ0) is 24.3. The molecule has 2 aliphatic rings. The standard InChI is InChI=1S/C25H27FN4O3S/c1-16-11-23(20(26)13-27-16)29-14-21(28-15-29)17-5-8-19-22(12-17)30(24(31)25(19,2)3)9-4-10-34(32,33)18-6-7-18/h5,8,11-15,18H,4,6-7,9-10H2,1-3H3. The van der Waals surface area contributed by atoms with Crippen molar-refractivity contribution in [1.82, 2.24) is 14.5 Å². The van der Waals surface area contributed by atoms with Crippen molar-refractivity contribution in [3.05, 3.63) is 60.1 Å². The molecular formula is C25H27FN4O3S. The number of nitrogens with zero attached hydrogens (tertiary/aromatic N) is 4. The number of anilines is 1. The van der Waals surface area contributed by atoms with E-state index in [0.29, 0.717) is 30.0 Å². The molecule has 7 nitrogen and oxygen atoms in total. The molecule has 3 aromatic rings. The number of halogens is 1. The molecule has 9 heteroatoms. The predicted octanol–water partition coefficient (Wildman–Crippen LogP) is 3.97. The molecule has 0 unspecified atom stereocenters. The number of imidazole rings is 1. The van der Waals surface area contributed by atoms with E-state index in [2.05, 4.69) is 9.97 Å². The molecule has 1 fully saturated rings. The summed E-state index contributed by atoms with van der Waals surface area (Å²) in [5.74, 6) is -0.385. The Morgan fingerprint density at radius 2 is 1.91 bits per heavy atom. The number of fused-ring (bicyclic) bond motifs is 1. The van der Waals surface area contributed by atoms with Crippen molar-refractivity contribution < 1.29 is 17.6 Å². The van der Waals surface area contributed by atoms with Gasteiger partial charge in [-0.05, 0) is 57.7 Å². The number of hydrogen-bond donors (Lipinski definition) is 0. The van der Waals surface area contributed by atoms with Crippen LogP contribution in [0, 0.1) is 12.7 Å². The number of pyridine rings is 1. The van der Waals surface area contributed by atoms with Gasteiger partial charge >= 0.3 is 0 Å². The largest absolute Gasteiger partial charge is 0.311 e. The number of sulfone groups is 1. The first-order chi connectivity index (χ1) is 16.1. The lowest BCUT2D eigenvalue weighted by Crippen LogP contribution is -2.37. The van der Waals surface area contributed by atoms with Gasteiger partial charge in [-0.2, -0.15) is 0 Å². The molecule has 5 rings (SSSR count). The molecule has 1 aromatic carbocycles. The van der Waals surface area contributed by atoms with Crippen LogP contribution in [0.25, 0.3) is 16.9 Å². The lowest BCUT2D eigenvalue weighted by Gasteiger charge is -2.20. The average Bonchev–Trinajstić information content (AvgIpc) is 3.52. The Kier molecular flexibility index (Phi) is 5.35. The number of rotatable bonds is 7. The molecule has 0 N–H and O–H groups in total. The van der Waals surface area contributed by atoms with Crippen molar-refractivity contribution in [2.45, 2.75) is 50.7 Å². The van der Waals surface area contributed by atoms with E-state index < -0.39 is 21.1 Å². The van der Waals surface area contributed by atoms with E-state index in [1.165, 1.54) is 6.20 Å². The van der Waals surface area contributed by atoms with Crippen molar-refractivity contribution in [3.63, 3.8) is 0 Å². The van der Waals surface area contributed by atoms with Crippen LogP contribution in [0.15, 0.2) is 43.0 Å². The summed E-state index contributed by atoms with van der Waals surface area (Å²) in [4.78, 5) is 23.3. The summed E-state index contributed by atoms with van der Waals surface area (Å²) < 4.78 is 40.5. The van der Waals surface area contributed by atoms with E-state index >= 15 is 0 Å². The van der Waals surface area contributed by atoms with Gasteiger partial charge in [-0.25, -0.2) is 17.8 Å². The SMILES string of the molecule is Cc1cc(-n2cnc(-c3ccc4c(c3)N(CCCS(=O)(=O)C3CC3)C(=O)C4(C)C)c2)c(F)cn1. The minimum Gasteiger partial charge on any atom is -0.311 e. The van der Waals surface area contributed by atoms with Gasteiger partial charge in [-0.15, -0.1) is 0 Å². The Labute approximate surface area is 198 Å². The molecule has 1 aliphatic carbocycles. The smallest absolute Gasteiger partial charge is 0.237 e. The molecule has 34 heavy (non-hydrogen) atoms. The third-order valence-corrected chi connectivity index (χ3v) is 9.06. The fourth-order valence-electron chi connectivity index (χ4n) is 4.57. The summed E-state index contributed by atoms with van der Waals surface area (Å²) in [6, 6.07) is 7.41. The topological polar surface area (TPSA) is 85.2 Å². The number of carbonyl (C=O) groups is 1. The van der Waals surface area contributed by atoms with E-state index in [9.17, 15) is 17.6 Å². The van der Waals surface area contributed by atoms with E-state index in [1.807, 2.05) is 32.0 Å². The lowest BCUT2D eigenvalue weighted by atomic mass is 9.86. The Balaban J connectivity index is 1.43. The number of benzene rings is 1. The van der Waals surface area contributed by atoms with Gasteiger partial charge in [0.15, 0.2) is 15.7 Å². The Hall–Kier alpha value is -3.07. The van der Waals surface area contributed by atoms with E-state index in [-0.39, 0.29) is 16.9 Å². The highest BCUT2D eigenvalue weighted by Gasteiger charge is 2.44. The Bertz CT molecular complexity index is 1390. The third-order valence-electron chi connectivity index (χ3n) is 6.71. The summed E-state index contributed by atoms with van der Waals surface area (Å²) in [6.45, 7) is 5.92. The molecule has 1 saturated carbocycles. The van der Waals surface area contributed by atoms with Gasteiger partial charge in [0, 0.05) is 29.7 Å². The zero-order valence-corrected chi connectivity index (χ0v) is 20.3. The zero-order valence-electron chi connectivity index (χ0n) is 19.5. The van der Waals surface area contributed by atoms with E-state index in [4.69, 9.17) is 0 Å². The quantitative estimate of drug-likeness (QED) is 0.509. The maximum absolute atomic E-state index is 14.3. The molecule has 0 radical (unpaired) electrons. The summed E-state index contributed by atoms with van der Waals surface area (Å²) in [5, 5.41) is -0.193. The maximum Gasteiger partial charge on any atom is 0.237 e. The monoisotopic (exact) mass is 482 g/mol. The van der Waals surface area contributed by atoms with Crippen molar-refractivity contribution in [1.29, 1.82) is 0 Å². The minimum absolute atomic E-state index is 0.0386. The molecule has 1 aliphatic heterocycles. The van der Waals surface area contributed by atoms with Crippen LogP contribution >= 0.6 is 0 Å². The van der Waals surface area contributed by atoms with Gasteiger partial charge in [0.25, 0.3) is 0 Å². The molecule has 0 saturated heterocycles. The van der Waals surface area contributed by atoms with Gasteiger partial charge in [0.05, 0.1) is 34.0 Å². The molecule has 2 aromatic heterocycles. The average molecular weight is 483 g/mol. The molecule has 0 spiro atoms. The van der Waals surface area contributed by atoms with Crippen LogP contribution in [0.4, 0.5) is 10.1 Å².